The number of Topliss-reactive ketones (excluding diaryl/α,β-unsaturated/α-hetero) is 1. The summed E-state index contributed by atoms with van der Waals surface area (Å²) >= 11 is 0. The normalized spacial score (nSPS) is 23.3. The van der Waals surface area contributed by atoms with E-state index in [2.05, 4.69) is 24.3 Å². The molecule has 0 radical (unpaired) electrons. The Hall–Kier alpha value is -1.27. The van der Waals surface area contributed by atoms with Crippen LogP contribution in [0.25, 0.3) is 0 Å². The van der Waals surface area contributed by atoms with Crippen molar-refractivity contribution in [1.82, 2.24) is 0 Å². The Kier molecular flexibility index (Phi) is 5.78. The first-order chi connectivity index (χ1) is 11.3. The number of hydrogen-bond acceptors (Lipinski definition) is 3. The maximum atomic E-state index is 12.6. The van der Waals surface area contributed by atoms with Gasteiger partial charge in [-0.3, -0.25) is 4.79 Å². The van der Waals surface area contributed by atoms with Gasteiger partial charge in [-0.2, -0.15) is 0 Å². The van der Waals surface area contributed by atoms with Crippen molar-refractivity contribution < 1.29 is 24.1 Å². The van der Waals surface area contributed by atoms with Crippen LogP contribution in [0.5, 0.6) is 0 Å². The van der Waals surface area contributed by atoms with E-state index >= 15 is 0 Å². The molecule has 23 heavy (non-hydrogen) atoms. The molecule has 2 aliphatic heterocycles. The molecule has 0 unspecified atom stereocenters. The zero-order valence-electron chi connectivity index (χ0n) is 13.9. The van der Waals surface area contributed by atoms with Crippen molar-refractivity contribution in [3.8, 4) is 0 Å². The van der Waals surface area contributed by atoms with Crippen LogP contribution in [0.3, 0.4) is 0 Å². The van der Waals surface area contributed by atoms with Crippen LogP contribution >= 0.6 is 0 Å². The predicted molar refractivity (Wildman–Crippen MR) is 86.7 cm³/mol. The van der Waals surface area contributed by atoms with Crippen molar-refractivity contribution in [3.63, 3.8) is 0 Å². The monoisotopic (exact) mass is 320 g/mol. The third-order valence-corrected chi connectivity index (χ3v) is 5.08. The highest BCUT2D eigenvalue weighted by Gasteiger charge is 2.43. The zero-order valence-corrected chi connectivity index (χ0v) is 13.9. The molecule has 3 rings (SSSR count). The fourth-order valence-corrected chi connectivity index (χ4v) is 3.97. The molecular weight excluding hydrogens is 292 g/mol. The third-order valence-electron chi connectivity index (χ3n) is 5.08. The Morgan fingerprint density at radius 3 is 1.96 bits per heavy atom. The van der Waals surface area contributed by atoms with E-state index in [-0.39, 0.29) is 17.9 Å². The van der Waals surface area contributed by atoms with Gasteiger partial charge in [0.2, 0.25) is 6.04 Å². The van der Waals surface area contributed by atoms with Crippen LogP contribution in [0.1, 0.15) is 18.5 Å². The van der Waals surface area contributed by atoms with Gasteiger partial charge in [-0.15, -0.1) is 0 Å². The van der Waals surface area contributed by atoms with Gasteiger partial charge in [0.1, 0.15) is 26.2 Å². The maximum Gasteiger partial charge on any atom is 0.203 e. The molecule has 0 bridgehead atoms. The molecule has 5 heteroatoms. The van der Waals surface area contributed by atoms with Crippen LogP contribution in [0.2, 0.25) is 0 Å². The van der Waals surface area contributed by atoms with Crippen molar-refractivity contribution in [3.05, 3.63) is 35.9 Å². The molecule has 2 atom stereocenters. The highest BCUT2D eigenvalue weighted by atomic mass is 16.5. The lowest BCUT2D eigenvalue weighted by molar-refractivity contribution is -0.999. The van der Waals surface area contributed by atoms with E-state index in [1.807, 2.05) is 6.07 Å². The lowest BCUT2D eigenvalue weighted by Gasteiger charge is -2.39. The average Bonchev–Trinajstić information content (AvgIpc) is 2.61. The number of ether oxygens (including phenoxy) is 2. The first-order valence-corrected chi connectivity index (χ1v) is 8.67. The number of morpholine rings is 2. The fraction of sp³-hybridized carbons (Fsp3) is 0.611. The van der Waals surface area contributed by atoms with Gasteiger partial charge in [0, 0.05) is 12.5 Å². The molecule has 0 saturated carbocycles. The summed E-state index contributed by atoms with van der Waals surface area (Å²) < 4.78 is 11.0. The predicted octanol–water partition coefficient (Wildman–Crippen LogP) is -1.48. The minimum atomic E-state index is -0.00519. The molecule has 2 saturated heterocycles. The molecule has 5 nitrogen and oxygen atoms in total. The molecule has 2 fully saturated rings. The summed E-state index contributed by atoms with van der Waals surface area (Å²) in [4.78, 5) is 15.4. The van der Waals surface area contributed by atoms with Gasteiger partial charge in [0.05, 0.1) is 26.4 Å². The lowest BCUT2D eigenvalue weighted by Crippen LogP contribution is -3.25. The maximum absolute atomic E-state index is 12.6. The molecule has 126 valence electrons. The highest BCUT2D eigenvalue weighted by Crippen LogP contribution is 2.14. The zero-order chi connectivity index (χ0) is 16.1. The van der Waals surface area contributed by atoms with E-state index < -0.39 is 0 Å². The first kappa shape index (κ1) is 16.6. The summed E-state index contributed by atoms with van der Waals surface area (Å²) in [7, 11) is 0. The van der Waals surface area contributed by atoms with Gasteiger partial charge in [0.25, 0.3) is 0 Å². The molecular formula is C18H28N2O3+2. The van der Waals surface area contributed by atoms with E-state index in [9.17, 15) is 4.79 Å². The highest BCUT2D eigenvalue weighted by molar-refractivity contribution is 5.80. The first-order valence-electron chi connectivity index (χ1n) is 8.67. The second kappa shape index (κ2) is 8.02. The van der Waals surface area contributed by atoms with E-state index in [4.69, 9.17) is 9.47 Å². The van der Waals surface area contributed by atoms with E-state index in [1.165, 1.54) is 15.4 Å². The number of nitrogens with one attached hydrogen (secondary N) is 2. The molecule has 1 aromatic rings. The Morgan fingerprint density at radius 1 is 0.913 bits per heavy atom. The molecule has 0 aromatic heterocycles. The summed E-state index contributed by atoms with van der Waals surface area (Å²) in [5, 5.41) is 0. The summed E-state index contributed by atoms with van der Waals surface area (Å²) in [6.45, 7) is 8.57. The number of carbonyl (C=O) groups is 1. The second-order valence-corrected chi connectivity index (χ2v) is 6.52. The molecule has 1 aromatic carbocycles. The second-order valence-electron chi connectivity index (χ2n) is 6.52. The number of hydrogen-bond donors (Lipinski definition) is 2. The van der Waals surface area contributed by atoms with Crippen LogP contribution in [-0.4, -0.2) is 64.4 Å². The molecule has 2 aliphatic rings. The molecule has 2 heterocycles. The van der Waals surface area contributed by atoms with Crippen LogP contribution in [0, 0.1) is 0 Å². The number of ketones is 1. The van der Waals surface area contributed by atoms with Gasteiger partial charge in [0.15, 0.2) is 11.8 Å². The van der Waals surface area contributed by atoms with Crippen molar-refractivity contribution in [2.24, 2.45) is 0 Å². The summed E-state index contributed by atoms with van der Waals surface area (Å²) in [6, 6.07) is 10.7. The Morgan fingerprint density at radius 2 is 1.43 bits per heavy atom. The Bertz CT molecular complexity index is 496. The lowest BCUT2D eigenvalue weighted by atomic mass is 9.93. The number of carbonyl (C=O) groups excluding carboxylic acids is 1. The average molecular weight is 320 g/mol. The minimum absolute atomic E-state index is 0.00519. The van der Waals surface area contributed by atoms with E-state index in [0.29, 0.717) is 0 Å². The van der Waals surface area contributed by atoms with Gasteiger partial charge in [-0.05, 0) is 0 Å². The number of quaternary nitrogens is 2. The van der Waals surface area contributed by atoms with Crippen molar-refractivity contribution in [2.75, 3.05) is 52.6 Å². The summed E-state index contributed by atoms with van der Waals surface area (Å²) in [6.07, 6.45) is 0. The largest absolute Gasteiger partial charge is 0.370 e. The van der Waals surface area contributed by atoms with Gasteiger partial charge >= 0.3 is 0 Å². The molecule has 0 amide bonds. The number of benzene rings is 1. The fourth-order valence-electron chi connectivity index (χ4n) is 3.97. The van der Waals surface area contributed by atoms with Crippen LogP contribution < -0.4 is 9.80 Å². The topological polar surface area (TPSA) is 44.4 Å². The standard InChI is InChI=1S/C18H26N2O3/c1-15(21)17(19-7-11-22-12-8-19)18(16-5-3-2-4-6-16)20-9-13-23-14-10-20/h2-6,17-18H,7-14H2,1H3/p+2/t17-,18-/m1/s1. The van der Waals surface area contributed by atoms with Crippen LogP contribution in [-0.2, 0) is 14.3 Å². The molecule has 2 N–H and O–H groups in total. The van der Waals surface area contributed by atoms with Gasteiger partial charge in [-0.25, -0.2) is 0 Å². The van der Waals surface area contributed by atoms with E-state index in [1.54, 1.807) is 6.92 Å². The van der Waals surface area contributed by atoms with Crippen LogP contribution in [0.15, 0.2) is 30.3 Å². The number of rotatable bonds is 5. The molecule has 0 spiro atoms. The smallest absolute Gasteiger partial charge is 0.203 e. The minimum Gasteiger partial charge on any atom is -0.370 e. The SMILES string of the molecule is CC(=O)[C@H]([C@@H](c1ccccc1)[NH+]1CCOCC1)[NH+]1CCOCC1. The van der Waals surface area contributed by atoms with E-state index in [0.717, 1.165) is 52.6 Å². The van der Waals surface area contributed by atoms with Crippen LogP contribution in [0.4, 0.5) is 0 Å². The van der Waals surface area contributed by atoms with Gasteiger partial charge in [-0.1, -0.05) is 30.3 Å². The van der Waals surface area contributed by atoms with Gasteiger partial charge < -0.3 is 19.3 Å². The van der Waals surface area contributed by atoms with Crippen molar-refractivity contribution in [1.29, 1.82) is 0 Å². The van der Waals surface area contributed by atoms with Crippen molar-refractivity contribution >= 4 is 5.78 Å². The summed E-state index contributed by atoms with van der Waals surface area (Å²) in [5.74, 6) is 0.287. The van der Waals surface area contributed by atoms with Crippen molar-refractivity contribution in [2.45, 2.75) is 19.0 Å². The molecule has 0 aliphatic carbocycles. The quantitative estimate of drug-likeness (QED) is 0.695. The Balaban J connectivity index is 1.91. The Labute approximate surface area is 138 Å². The summed E-state index contributed by atoms with van der Waals surface area (Å²) in [5.41, 5.74) is 1.27. The third kappa shape index (κ3) is 3.98.